The van der Waals surface area contributed by atoms with Gasteiger partial charge in [-0.1, -0.05) is 13.8 Å². The predicted octanol–water partition coefficient (Wildman–Crippen LogP) is 2.77. The number of nitrogens with zero attached hydrogens (tertiary/aromatic N) is 4. The van der Waals surface area contributed by atoms with E-state index in [4.69, 9.17) is 0 Å². The lowest BCUT2D eigenvalue weighted by Gasteiger charge is -2.23. The third-order valence-corrected chi connectivity index (χ3v) is 4.63. The lowest BCUT2D eigenvalue weighted by molar-refractivity contribution is 0.111. The van der Waals surface area contributed by atoms with E-state index in [0.717, 1.165) is 56.2 Å². The molecule has 2 aromatic heterocycles. The summed E-state index contributed by atoms with van der Waals surface area (Å²) < 4.78 is 1.88. The molecular formula is C15H24N4OS. The van der Waals surface area contributed by atoms with Gasteiger partial charge in [0.2, 0.25) is 0 Å². The number of imidazole rings is 1. The van der Waals surface area contributed by atoms with E-state index < -0.39 is 0 Å². The Hall–Kier alpha value is -1.40. The molecule has 0 aromatic carbocycles. The number of aldehydes is 1. The standard InChI is InChI=1S/C15H24N4OS/c1-4-17(5-2)8-7-9-18(6-3)14-13(12-20)19-10-11-21-15(19)16-14/h10-12H,4-9H2,1-3H3. The number of thiazole rings is 1. The van der Waals surface area contributed by atoms with E-state index in [9.17, 15) is 4.79 Å². The van der Waals surface area contributed by atoms with Crippen molar-refractivity contribution >= 4 is 28.4 Å². The summed E-state index contributed by atoms with van der Waals surface area (Å²) in [4.78, 5) is 21.5. The molecule has 2 aromatic rings. The van der Waals surface area contributed by atoms with Gasteiger partial charge in [-0.05, 0) is 33.0 Å². The highest BCUT2D eigenvalue weighted by Crippen LogP contribution is 2.23. The lowest BCUT2D eigenvalue weighted by atomic mass is 10.3. The maximum Gasteiger partial charge on any atom is 0.196 e. The quantitative estimate of drug-likeness (QED) is 0.668. The summed E-state index contributed by atoms with van der Waals surface area (Å²) in [5.41, 5.74) is 0.663. The SMILES string of the molecule is CCN(CC)CCCN(CC)c1nc2sccn2c1C=O. The van der Waals surface area contributed by atoms with Crippen LogP contribution in [0.3, 0.4) is 0 Å². The molecule has 116 valence electrons. The van der Waals surface area contributed by atoms with Crippen molar-refractivity contribution in [3.05, 3.63) is 17.3 Å². The van der Waals surface area contributed by atoms with Crippen molar-refractivity contribution in [1.82, 2.24) is 14.3 Å². The molecule has 0 radical (unpaired) electrons. The number of aromatic nitrogens is 2. The van der Waals surface area contributed by atoms with Crippen LogP contribution in [0.1, 0.15) is 37.7 Å². The minimum atomic E-state index is 0.663. The van der Waals surface area contributed by atoms with Crippen LogP contribution in [0.25, 0.3) is 4.96 Å². The Kier molecular flexibility index (Phi) is 5.76. The van der Waals surface area contributed by atoms with Crippen LogP contribution in [-0.4, -0.2) is 53.3 Å². The van der Waals surface area contributed by atoms with Gasteiger partial charge >= 0.3 is 0 Å². The molecular weight excluding hydrogens is 284 g/mol. The highest BCUT2D eigenvalue weighted by Gasteiger charge is 2.17. The van der Waals surface area contributed by atoms with Crippen LogP contribution in [0.2, 0.25) is 0 Å². The van der Waals surface area contributed by atoms with Crippen LogP contribution in [0, 0.1) is 0 Å². The lowest BCUT2D eigenvalue weighted by Crippen LogP contribution is -2.30. The van der Waals surface area contributed by atoms with Gasteiger partial charge in [0.1, 0.15) is 5.69 Å². The van der Waals surface area contributed by atoms with Gasteiger partial charge in [0.25, 0.3) is 0 Å². The van der Waals surface area contributed by atoms with Crippen LogP contribution in [0.5, 0.6) is 0 Å². The number of anilines is 1. The molecule has 5 nitrogen and oxygen atoms in total. The summed E-state index contributed by atoms with van der Waals surface area (Å²) in [5.74, 6) is 0.818. The van der Waals surface area contributed by atoms with E-state index in [1.165, 1.54) is 0 Å². The average molecular weight is 308 g/mol. The van der Waals surface area contributed by atoms with E-state index in [-0.39, 0.29) is 0 Å². The number of hydrogen-bond donors (Lipinski definition) is 0. The Balaban J connectivity index is 2.08. The van der Waals surface area contributed by atoms with Crippen molar-refractivity contribution in [3.63, 3.8) is 0 Å². The van der Waals surface area contributed by atoms with Gasteiger partial charge in [0.05, 0.1) is 0 Å². The smallest absolute Gasteiger partial charge is 0.196 e. The molecule has 0 amide bonds. The van der Waals surface area contributed by atoms with E-state index in [1.54, 1.807) is 11.3 Å². The van der Waals surface area contributed by atoms with Crippen molar-refractivity contribution in [2.75, 3.05) is 37.6 Å². The fourth-order valence-corrected chi connectivity index (χ4v) is 3.29. The number of carbonyl (C=O) groups is 1. The summed E-state index contributed by atoms with van der Waals surface area (Å²) >= 11 is 1.56. The molecule has 0 N–H and O–H groups in total. The summed E-state index contributed by atoms with van der Waals surface area (Å²) in [6, 6.07) is 0. The van der Waals surface area contributed by atoms with Crippen molar-refractivity contribution in [1.29, 1.82) is 0 Å². The molecule has 0 aliphatic heterocycles. The highest BCUT2D eigenvalue weighted by molar-refractivity contribution is 7.15. The molecule has 0 fully saturated rings. The van der Waals surface area contributed by atoms with Crippen LogP contribution < -0.4 is 4.90 Å². The maximum atomic E-state index is 11.4. The summed E-state index contributed by atoms with van der Waals surface area (Å²) in [7, 11) is 0. The van der Waals surface area contributed by atoms with Gasteiger partial charge in [-0.15, -0.1) is 11.3 Å². The van der Waals surface area contributed by atoms with Crippen LogP contribution >= 0.6 is 11.3 Å². The van der Waals surface area contributed by atoms with Gasteiger partial charge in [0.15, 0.2) is 17.1 Å². The van der Waals surface area contributed by atoms with E-state index in [0.29, 0.717) is 5.69 Å². The zero-order valence-corrected chi connectivity index (χ0v) is 13.9. The topological polar surface area (TPSA) is 40.9 Å². The predicted molar refractivity (Wildman–Crippen MR) is 88.7 cm³/mol. The zero-order valence-electron chi connectivity index (χ0n) is 13.1. The first kappa shape index (κ1) is 16.0. The van der Waals surface area contributed by atoms with E-state index >= 15 is 0 Å². The van der Waals surface area contributed by atoms with E-state index in [2.05, 4.69) is 35.6 Å². The molecule has 2 rings (SSSR count). The number of hydrogen-bond acceptors (Lipinski definition) is 5. The molecule has 0 saturated carbocycles. The molecule has 21 heavy (non-hydrogen) atoms. The van der Waals surface area contributed by atoms with Crippen LogP contribution in [0.4, 0.5) is 5.82 Å². The second-order valence-corrected chi connectivity index (χ2v) is 5.83. The van der Waals surface area contributed by atoms with Gasteiger partial charge in [-0.2, -0.15) is 0 Å². The number of carbonyl (C=O) groups excluding carboxylic acids is 1. The molecule has 0 bridgehead atoms. The van der Waals surface area contributed by atoms with Gasteiger partial charge < -0.3 is 9.80 Å². The fourth-order valence-electron chi connectivity index (χ4n) is 2.57. The van der Waals surface area contributed by atoms with Crippen molar-refractivity contribution in [2.45, 2.75) is 27.2 Å². The van der Waals surface area contributed by atoms with Crippen LogP contribution in [0.15, 0.2) is 11.6 Å². The first-order valence-corrected chi connectivity index (χ1v) is 8.51. The van der Waals surface area contributed by atoms with Crippen molar-refractivity contribution in [3.8, 4) is 0 Å². The maximum absolute atomic E-state index is 11.4. The summed E-state index contributed by atoms with van der Waals surface area (Å²) in [5, 5.41) is 1.95. The normalized spacial score (nSPS) is 11.4. The minimum Gasteiger partial charge on any atom is -0.355 e. The van der Waals surface area contributed by atoms with Gasteiger partial charge in [-0.25, -0.2) is 4.98 Å². The Morgan fingerprint density at radius 3 is 2.62 bits per heavy atom. The zero-order chi connectivity index (χ0) is 15.2. The summed E-state index contributed by atoms with van der Waals surface area (Å²) in [6.45, 7) is 11.5. The third-order valence-electron chi connectivity index (χ3n) is 3.87. The molecule has 0 atom stereocenters. The van der Waals surface area contributed by atoms with Gasteiger partial charge in [0, 0.05) is 24.7 Å². The molecule has 0 saturated heterocycles. The Bertz CT molecular complexity index is 573. The largest absolute Gasteiger partial charge is 0.355 e. The molecule has 0 aliphatic rings. The number of rotatable bonds is 9. The first-order chi connectivity index (χ1) is 10.2. The second kappa shape index (κ2) is 7.56. The monoisotopic (exact) mass is 308 g/mol. The molecule has 0 unspecified atom stereocenters. The third kappa shape index (κ3) is 3.44. The van der Waals surface area contributed by atoms with Crippen molar-refractivity contribution in [2.24, 2.45) is 0 Å². The Morgan fingerprint density at radius 2 is 2.00 bits per heavy atom. The fraction of sp³-hybridized carbons (Fsp3) is 0.600. The Labute approximate surface area is 130 Å². The minimum absolute atomic E-state index is 0.663. The molecule has 0 spiro atoms. The van der Waals surface area contributed by atoms with Crippen molar-refractivity contribution < 1.29 is 4.79 Å². The Morgan fingerprint density at radius 1 is 1.24 bits per heavy atom. The molecule has 6 heteroatoms. The molecule has 0 aliphatic carbocycles. The molecule has 2 heterocycles. The van der Waals surface area contributed by atoms with Crippen LogP contribution in [-0.2, 0) is 0 Å². The summed E-state index contributed by atoms with van der Waals surface area (Å²) in [6.07, 6.45) is 3.90. The second-order valence-electron chi connectivity index (χ2n) is 4.95. The van der Waals surface area contributed by atoms with Gasteiger partial charge in [-0.3, -0.25) is 9.20 Å². The van der Waals surface area contributed by atoms with E-state index in [1.807, 2.05) is 16.0 Å². The highest BCUT2D eigenvalue weighted by atomic mass is 32.1. The average Bonchev–Trinajstić information content (AvgIpc) is 3.08. The number of fused-ring (bicyclic) bond motifs is 1. The first-order valence-electron chi connectivity index (χ1n) is 7.63.